The van der Waals surface area contributed by atoms with E-state index < -0.39 is 11.7 Å². The van der Waals surface area contributed by atoms with E-state index in [0.717, 1.165) is 10.0 Å². The molecule has 0 fully saturated rings. The molecule has 23 heavy (non-hydrogen) atoms. The topological polar surface area (TPSA) is 49.4 Å². The molecule has 0 atom stereocenters. The number of carbonyl (C=O) groups is 2. The van der Waals surface area contributed by atoms with Crippen molar-refractivity contribution in [1.82, 2.24) is 10.2 Å². The van der Waals surface area contributed by atoms with Gasteiger partial charge in [-0.3, -0.25) is 9.59 Å². The zero-order valence-electron chi connectivity index (χ0n) is 12.6. The monoisotopic (exact) mass is 378 g/mol. The maximum Gasteiger partial charge on any atom is 0.254 e. The molecule has 2 aromatic rings. The number of nitrogens with one attached hydrogen (secondary N) is 1. The number of likely N-dealkylation sites (N-methyl/N-ethyl adjacent to an activating group) is 1. The summed E-state index contributed by atoms with van der Waals surface area (Å²) in [6.45, 7) is 0.252. The molecular formula is C17H16BrFN2O2. The predicted molar refractivity (Wildman–Crippen MR) is 89.3 cm³/mol. The summed E-state index contributed by atoms with van der Waals surface area (Å²) in [5.74, 6) is -1.47. The Morgan fingerprint density at radius 2 is 1.78 bits per heavy atom. The molecule has 0 heterocycles. The van der Waals surface area contributed by atoms with E-state index >= 15 is 0 Å². The zero-order valence-corrected chi connectivity index (χ0v) is 14.1. The average Bonchev–Trinajstić information content (AvgIpc) is 2.54. The van der Waals surface area contributed by atoms with Gasteiger partial charge in [-0.05, 0) is 29.8 Å². The van der Waals surface area contributed by atoms with E-state index in [2.05, 4.69) is 21.2 Å². The molecule has 2 amide bonds. The maximum absolute atomic E-state index is 13.5. The molecule has 120 valence electrons. The highest BCUT2D eigenvalue weighted by molar-refractivity contribution is 9.10. The van der Waals surface area contributed by atoms with Gasteiger partial charge in [-0.25, -0.2) is 4.39 Å². The van der Waals surface area contributed by atoms with E-state index in [4.69, 9.17) is 0 Å². The fraction of sp³-hybridized carbons (Fsp3) is 0.176. The van der Waals surface area contributed by atoms with Crippen LogP contribution < -0.4 is 5.32 Å². The number of carbonyl (C=O) groups excluding carboxylic acids is 2. The Morgan fingerprint density at radius 3 is 2.43 bits per heavy atom. The minimum Gasteiger partial charge on any atom is -0.343 e. The van der Waals surface area contributed by atoms with Crippen molar-refractivity contribution >= 4 is 27.7 Å². The van der Waals surface area contributed by atoms with Crippen molar-refractivity contribution in [3.05, 3.63) is 69.9 Å². The van der Waals surface area contributed by atoms with Crippen LogP contribution in [0.15, 0.2) is 53.0 Å². The van der Waals surface area contributed by atoms with E-state index in [0.29, 0.717) is 6.54 Å². The number of amides is 2. The van der Waals surface area contributed by atoms with Gasteiger partial charge in [0.05, 0.1) is 12.1 Å². The van der Waals surface area contributed by atoms with Gasteiger partial charge in [-0.15, -0.1) is 0 Å². The SMILES string of the molecule is CN(Cc1ccc(Br)cc1)C(=O)CNC(=O)c1ccccc1F. The summed E-state index contributed by atoms with van der Waals surface area (Å²) in [4.78, 5) is 25.4. The molecule has 4 nitrogen and oxygen atoms in total. The Morgan fingerprint density at radius 1 is 1.13 bits per heavy atom. The molecule has 0 spiro atoms. The second-order valence-electron chi connectivity index (χ2n) is 5.04. The largest absolute Gasteiger partial charge is 0.343 e. The van der Waals surface area contributed by atoms with E-state index in [1.54, 1.807) is 13.1 Å². The van der Waals surface area contributed by atoms with Crippen LogP contribution in [0.25, 0.3) is 0 Å². The Hall–Kier alpha value is -2.21. The van der Waals surface area contributed by atoms with Gasteiger partial charge < -0.3 is 10.2 Å². The van der Waals surface area contributed by atoms with Crippen LogP contribution in [0.3, 0.4) is 0 Å². The Labute approximate surface area is 142 Å². The first-order chi connectivity index (χ1) is 11.0. The summed E-state index contributed by atoms with van der Waals surface area (Å²) in [6, 6.07) is 13.3. The zero-order chi connectivity index (χ0) is 16.8. The van der Waals surface area contributed by atoms with Crippen LogP contribution >= 0.6 is 15.9 Å². The summed E-state index contributed by atoms with van der Waals surface area (Å²) in [5, 5.41) is 2.44. The van der Waals surface area contributed by atoms with Crippen molar-refractivity contribution in [1.29, 1.82) is 0 Å². The van der Waals surface area contributed by atoms with Crippen LogP contribution in [0.2, 0.25) is 0 Å². The number of halogens is 2. The number of rotatable bonds is 5. The lowest BCUT2D eigenvalue weighted by Gasteiger charge is -2.17. The minimum atomic E-state index is -0.610. The summed E-state index contributed by atoms with van der Waals surface area (Å²) >= 11 is 3.35. The maximum atomic E-state index is 13.5. The van der Waals surface area contributed by atoms with Gasteiger partial charge in [0.25, 0.3) is 5.91 Å². The highest BCUT2D eigenvalue weighted by Crippen LogP contribution is 2.12. The van der Waals surface area contributed by atoms with E-state index in [9.17, 15) is 14.0 Å². The molecule has 6 heteroatoms. The van der Waals surface area contributed by atoms with Crippen LogP contribution in [0.1, 0.15) is 15.9 Å². The molecule has 0 saturated heterocycles. The lowest BCUT2D eigenvalue weighted by atomic mass is 10.2. The summed E-state index contributed by atoms with van der Waals surface area (Å²) in [7, 11) is 1.65. The number of nitrogens with zero attached hydrogens (tertiary/aromatic N) is 1. The second-order valence-corrected chi connectivity index (χ2v) is 5.95. The van der Waals surface area contributed by atoms with Crippen molar-refractivity contribution in [3.8, 4) is 0 Å². The Kier molecular flexibility index (Phi) is 5.87. The van der Waals surface area contributed by atoms with E-state index in [-0.39, 0.29) is 18.0 Å². The van der Waals surface area contributed by atoms with Crippen molar-refractivity contribution in [3.63, 3.8) is 0 Å². The van der Waals surface area contributed by atoms with Gasteiger partial charge >= 0.3 is 0 Å². The van der Waals surface area contributed by atoms with Crippen LogP contribution in [-0.4, -0.2) is 30.3 Å². The molecule has 1 N–H and O–H groups in total. The lowest BCUT2D eigenvalue weighted by molar-refractivity contribution is -0.129. The predicted octanol–water partition coefficient (Wildman–Crippen LogP) is 2.98. The van der Waals surface area contributed by atoms with E-state index in [1.807, 2.05) is 24.3 Å². The summed E-state index contributed by atoms with van der Waals surface area (Å²) in [6.07, 6.45) is 0. The molecule has 0 bridgehead atoms. The highest BCUT2D eigenvalue weighted by atomic mass is 79.9. The lowest BCUT2D eigenvalue weighted by Crippen LogP contribution is -2.38. The van der Waals surface area contributed by atoms with Crippen molar-refractivity contribution in [2.45, 2.75) is 6.54 Å². The van der Waals surface area contributed by atoms with Gasteiger partial charge in [-0.1, -0.05) is 40.2 Å². The molecule has 0 aliphatic rings. The van der Waals surface area contributed by atoms with Gasteiger partial charge in [0, 0.05) is 18.1 Å². The minimum absolute atomic E-state index is 0.0733. The van der Waals surface area contributed by atoms with Gasteiger partial charge in [-0.2, -0.15) is 0 Å². The molecule has 0 aromatic heterocycles. The molecular weight excluding hydrogens is 363 g/mol. The third-order valence-corrected chi connectivity index (χ3v) is 3.81. The number of hydrogen-bond acceptors (Lipinski definition) is 2. The fourth-order valence-electron chi connectivity index (χ4n) is 1.98. The summed E-state index contributed by atoms with van der Waals surface area (Å²) in [5.41, 5.74) is 0.903. The molecule has 0 aliphatic carbocycles. The average molecular weight is 379 g/mol. The van der Waals surface area contributed by atoms with Crippen LogP contribution in [0, 0.1) is 5.82 Å². The van der Waals surface area contributed by atoms with Gasteiger partial charge in [0.1, 0.15) is 5.82 Å². The first kappa shape index (κ1) is 17.1. The third kappa shape index (κ3) is 4.89. The van der Waals surface area contributed by atoms with E-state index in [1.165, 1.54) is 23.1 Å². The first-order valence-electron chi connectivity index (χ1n) is 6.98. The molecule has 2 aromatic carbocycles. The first-order valence-corrected chi connectivity index (χ1v) is 7.78. The normalized spacial score (nSPS) is 10.2. The highest BCUT2D eigenvalue weighted by Gasteiger charge is 2.14. The third-order valence-electron chi connectivity index (χ3n) is 3.28. The molecule has 2 rings (SSSR count). The van der Waals surface area contributed by atoms with Crippen molar-refractivity contribution in [2.75, 3.05) is 13.6 Å². The van der Waals surface area contributed by atoms with Crippen LogP contribution in [0.5, 0.6) is 0 Å². The second kappa shape index (κ2) is 7.87. The van der Waals surface area contributed by atoms with Crippen LogP contribution in [-0.2, 0) is 11.3 Å². The quantitative estimate of drug-likeness (QED) is 0.869. The summed E-state index contributed by atoms with van der Waals surface area (Å²) < 4.78 is 14.4. The molecule has 0 unspecified atom stereocenters. The number of hydrogen-bond donors (Lipinski definition) is 1. The van der Waals surface area contributed by atoms with Gasteiger partial charge in [0.15, 0.2) is 0 Å². The Bertz CT molecular complexity index is 704. The molecule has 0 aliphatic heterocycles. The van der Waals surface area contributed by atoms with Crippen LogP contribution in [0.4, 0.5) is 4.39 Å². The van der Waals surface area contributed by atoms with Gasteiger partial charge in [0.2, 0.25) is 5.91 Å². The smallest absolute Gasteiger partial charge is 0.254 e. The standard InChI is InChI=1S/C17H16BrFN2O2/c1-21(11-12-6-8-13(18)9-7-12)16(22)10-20-17(23)14-4-2-3-5-15(14)19/h2-9H,10-11H2,1H3,(H,20,23). The molecule has 0 radical (unpaired) electrons. The fourth-order valence-corrected chi connectivity index (χ4v) is 2.25. The number of benzene rings is 2. The van der Waals surface area contributed by atoms with Crippen molar-refractivity contribution in [2.24, 2.45) is 0 Å². The van der Waals surface area contributed by atoms with Crippen molar-refractivity contribution < 1.29 is 14.0 Å². The molecule has 0 saturated carbocycles. The Balaban J connectivity index is 1.87.